The summed E-state index contributed by atoms with van der Waals surface area (Å²) in [6.07, 6.45) is 4.37. The highest BCUT2D eigenvalue weighted by atomic mass is 15.2. The van der Waals surface area contributed by atoms with Gasteiger partial charge in [0.1, 0.15) is 0 Å². The van der Waals surface area contributed by atoms with Crippen LogP contribution in [0.2, 0.25) is 0 Å². The van der Waals surface area contributed by atoms with Crippen molar-refractivity contribution in [2.45, 2.75) is 20.3 Å². The SMILES string of the molecule is Cc1cccc(N(CCCN)c2nccnc2C)c1. The molecule has 19 heavy (non-hydrogen) atoms. The molecule has 2 rings (SSSR count). The summed E-state index contributed by atoms with van der Waals surface area (Å²) in [5, 5.41) is 0. The highest BCUT2D eigenvalue weighted by Gasteiger charge is 2.13. The predicted octanol–water partition coefficient (Wildman–Crippen LogP) is 2.58. The molecule has 4 nitrogen and oxygen atoms in total. The largest absolute Gasteiger partial charge is 0.330 e. The Labute approximate surface area is 114 Å². The van der Waals surface area contributed by atoms with E-state index in [-0.39, 0.29) is 0 Å². The number of anilines is 2. The number of hydrogen-bond donors (Lipinski definition) is 1. The predicted molar refractivity (Wildman–Crippen MR) is 78.6 cm³/mol. The van der Waals surface area contributed by atoms with Crippen LogP contribution in [0.25, 0.3) is 0 Å². The summed E-state index contributed by atoms with van der Waals surface area (Å²) in [7, 11) is 0. The lowest BCUT2D eigenvalue weighted by atomic mass is 10.2. The molecule has 0 unspecified atom stereocenters. The fourth-order valence-corrected chi connectivity index (χ4v) is 2.07. The fraction of sp³-hybridized carbons (Fsp3) is 0.333. The van der Waals surface area contributed by atoms with Crippen molar-refractivity contribution in [3.8, 4) is 0 Å². The summed E-state index contributed by atoms with van der Waals surface area (Å²) >= 11 is 0. The Morgan fingerprint density at radius 2 is 1.95 bits per heavy atom. The Bertz CT molecular complexity index is 539. The Kier molecular flexibility index (Phi) is 4.47. The zero-order valence-corrected chi connectivity index (χ0v) is 11.5. The van der Waals surface area contributed by atoms with Crippen molar-refractivity contribution in [1.29, 1.82) is 0 Å². The van der Waals surface area contributed by atoms with Crippen LogP contribution >= 0.6 is 0 Å². The Morgan fingerprint density at radius 1 is 1.16 bits per heavy atom. The molecule has 0 aliphatic heterocycles. The van der Waals surface area contributed by atoms with Gasteiger partial charge in [-0.05, 0) is 44.5 Å². The van der Waals surface area contributed by atoms with Gasteiger partial charge in [0.25, 0.3) is 0 Å². The molecule has 100 valence electrons. The van der Waals surface area contributed by atoms with Gasteiger partial charge in [0.15, 0.2) is 5.82 Å². The number of hydrogen-bond acceptors (Lipinski definition) is 4. The molecular weight excluding hydrogens is 236 g/mol. The van der Waals surface area contributed by atoms with E-state index in [2.05, 4.69) is 46.1 Å². The van der Waals surface area contributed by atoms with Crippen LogP contribution in [-0.4, -0.2) is 23.1 Å². The zero-order valence-electron chi connectivity index (χ0n) is 11.5. The second-order valence-electron chi connectivity index (χ2n) is 4.60. The quantitative estimate of drug-likeness (QED) is 0.893. The van der Waals surface area contributed by atoms with Gasteiger partial charge in [-0.2, -0.15) is 0 Å². The highest BCUT2D eigenvalue weighted by molar-refractivity contribution is 5.62. The van der Waals surface area contributed by atoms with Gasteiger partial charge in [-0.3, -0.25) is 4.98 Å². The normalized spacial score (nSPS) is 10.5. The van der Waals surface area contributed by atoms with Crippen molar-refractivity contribution in [1.82, 2.24) is 9.97 Å². The van der Waals surface area contributed by atoms with Gasteiger partial charge < -0.3 is 10.6 Å². The molecule has 0 bridgehead atoms. The van der Waals surface area contributed by atoms with Gasteiger partial charge >= 0.3 is 0 Å². The molecule has 2 N–H and O–H groups in total. The topological polar surface area (TPSA) is 55.0 Å². The summed E-state index contributed by atoms with van der Waals surface area (Å²) < 4.78 is 0. The minimum atomic E-state index is 0.668. The average molecular weight is 256 g/mol. The zero-order chi connectivity index (χ0) is 13.7. The van der Waals surface area contributed by atoms with E-state index in [0.29, 0.717) is 6.54 Å². The van der Waals surface area contributed by atoms with Gasteiger partial charge in [0, 0.05) is 24.6 Å². The first kappa shape index (κ1) is 13.5. The van der Waals surface area contributed by atoms with Crippen molar-refractivity contribution < 1.29 is 0 Å². The maximum atomic E-state index is 5.64. The van der Waals surface area contributed by atoms with E-state index in [1.807, 2.05) is 6.92 Å². The van der Waals surface area contributed by atoms with Gasteiger partial charge in [-0.15, -0.1) is 0 Å². The molecule has 1 aromatic heterocycles. The molecule has 2 aromatic rings. The van der Waals surface area contributed by atoms with Crippen LogP contribution in [0.1, 0.15) is 17.7 Å². The maximum Gasteiger partial charge on any atom is 0.154 e. The number of nitrogens with zero attached hydrogens (tertiary/aromatic N) is 3. The number of nitrogens with two attached hydrogens (primary N) is 1. The van der Waals surface area contributed by atoms with Crippen LogP contribution in [0.3, 0.4) is 0 Å². The summed E-state index contributed by atoms with van der Waals surface area (Å²) in [5.74, 6) is 0.904. The maximum absolute atomic E-state index is 5.64. The molecule has 0 amide bonds. The van der Waals surface area contributed by atoms with Crippen molar-refractivity contribution in [2.24, 2.45) is 5.73 Å². The molecule has 0 saturated carbocycles. The summed E-state index contributed by atoms with van der Waals surface area (Å²) in [5.41, 5.74) is 8.94. The van der Waals surface area contributed by atoms with Gasteiger partial charge in [-0.1, -0.05) is 12.1 Å². The number of aryl methyl sites for hydroxylation is 2. The third-order valence-corrected chi connectivity index (χ3v) is 3.01. The molecule has 4 heteroatoms. The molecule has 0 saturated heterocycles. The number of rotatable bonds is 5. The second kappa shape index (κ2) is 6.29. The second-order valence-corrected chi connectivity index (χ2v) is 4.60. The third-order valence-electron chi connectivity index (χ3n) is 3.01. The first-order chi connectivity index (χ1) is 9.22. The molecule has 0 spiro atoms. The van der Waals surface area contributed by atoms with Gasteiger partial charge in [0.05, 0.1) is 5.69 Å². The van der Waals surface area contributed by atoms with Crippen molar-refractivity contribution in [2.75, 3.05) is 18.0 Å². The summed E-state index contributed by atoms with van der Waals surface area (Å²) in [6, 6.07) is 8.40. The van der Waals surface area contributed by atoms with Crippen LogP contribution in [-0.2, 0) is 0 Å². The van der Waals surface area contributed by atoms with Gasteiger partial charge in [-0.25, -0.2) is 4.98 Å². The van der Waals surface area contributed by atoms with E-state index >= 15 is 0 Å². The van der Waals surface area contributed by atoms with Crippen molar-refractivity contribution in [3.63, 3.8) is 0 Å². The van der Waals surface area contributed by atoms with Gasteiger partial charge in [0.2, 0.25) is 0 Å². The lowest BCUT2D eigenvalue weighted by molar-refractivity contribution is 0.804. The first-order valence-corrected chi connectivity index (χ1v) is 6.54. The highest BCUT2D eigenvalue weighted by Crippen LogP contribution is 2.25. The summed E-state index contributed by atoms with van der Waals surface area (Å²) in [4.78, 5) is 11.0. The van der Waals surface area contributed by atoms with E-state index in [1.54, 1.807) is 12.4 Å². The average Bonchev–Trinajstić information content (AvgIpc) is 2.41. The van der Waals surface area contributed by atoms with Crippen molar-refractivity contribution in [3.05, 3.63) is 47.9 Å². The van der Waals surface area contributed by atoms with E-state index < -0.39 is 0 Å². The number of aromatic nitrogens is 2. The van der Waals surface area contributed by atoms with E-state index in [9.17, 15) is 0 Å². The molecular formula is C15H20N4. The van der Waals surface area contributed by atoms with Crippen molar-refractivity contribution >= 4 is 11.5 Å². The lowest BCUT2D eigenvalue weighted by Gasteiger charge is -2.25. The Hall–Kier alpha value is -1.94. The minimum Gasteiger partial charge on any atom is -0.330 e. The smallest absolute Gasteiger partial charge is 0.154 e. The Morgan fingerprint density at radius 3 is 2.63 bits per heavy atom. The first-order valence-electron chi connectivity index (χ1n) is 6.54. The molecule has 0 fully saturated rings. The molecule has 0 aliphatic rings. The molecule has 0 aliphatic carbocycles. The molecule has 1 heterocycles. The van der Waals surface area contributed by atoms with Crippen LogP contribution in [0.15, 0.2) is 36.7 Å². The van der Waals surface area contributed by atoms with Crippen LogP contribution < -0.4 is 10.6 Å². The monoisotopic (exact) mass is 256 g/mol. The lowest BCUT2D eigenvalue weighted by Crippen LogP contribution is -2.23. The molecule has 0 atom stereocenters. The van der Waals surface area contributed by atoms with Crippen LogP contribution in [0.5, 0.6) is 0 Å². The third kappa shape index (κ3) is 3.29. The van der Waals surface area contributed by atoms with E-state index in [1.165, 1.54) is 5.56 Å². The van der Waals surface area contributed by atoms with E-state index in [4.69, 9.17) is 5.73 Å². The van der Waals surface area contributed by atoms with E-state index in [0.717, 1.165) is 30.2 Å². The molecule has 0 radical (unpaired) electrons. The van der Waals surface area contributed by atoms with Crippen LogP contribution in [0, 0.1) is 13.8 Å². The standard InChI is InChI=1S/C15H20N4/c1-12-5-3-6-14(11-12)19(10-4-7-16)15-13(2)17-8-9-18-15/h3,5-6,8-9,11H,4,7,10,16H2,1-2H3. The fourth-order valence-electron chi connectivity index (χ4n) is 2.07. The Balaban J connectivity index is 2.38. The molecule has 1 aromatic carbocycles. The minimum absolute atomic E-state index is 0.668. The summed E-state index contributed by atoms with van der Waals surface area (Å²) in [6.45, 7) is 5.59. The van der Waals surface area contributed by atoms with Crippen LogP contribution in [0.4, 0.5) is 11.5 Å². The number of benzene rings is 1.